The number of hydrogen-bond acceptors (Lipinski definition) is 8. The molecule has 35 heavy (non-hydrogen) atoms. The van der Waals surface area contributed by atoms with Crippen LogP contribution < -0.4 is 18.9 Å². The summed E-state index contributed by atoms with van der Waals surface area (Å²) in [7, 11) is 3.19. The van der Waals surface area contributed by atoms with E-state index >= 15 is 0 Å². The van der Waals surface area contributed by atoms with E-state index in [1.165, 1.54) is 0 Å². The van der Waals surface area contributed by atoms with Gasteiger partial charge in [0.25, 0.3) is 0 Å². The number of Topliss-reactive ketones (excluding diaryl/α,β-unsaturated/α-hetero) is 1. The summed E-state index contributed by atoms with van der Waals surface area (Å²) in [5, 5.41) is 0. The monoisotopic (exact) mass is 480 g/mol. The molecule has 2 aromatic carbocycles. The molecule has 0 aliphatic carbocycles. The van der Waals surface area contributed by atoms with Gasteiger partial charge in [0.05, 0.1) is 33.0 Å². The number of benzene rings is 2. The number of allylic oxidation sites excluding steroid dienone is 1. The quantitative estimate of drug-likeness (QED) is 0.558. The van der Waals surface area contributed by atoms with Crippen molar-refractivity contribution < 1.29 is 28.5 Å². The van der Waals surface area contributed by atoms with E-state index in [1.807, 2.05) is 25.1 Å². The van der Waals surface area contributed by atoms with Gasteiger partial charge in [-0.15, -0.1) is 0 Å². The summed E-state index contributed by atoms with van der Waals surface area (Å²) in [5.41, 5.74) is 3.22. The third kappa shape index (κ3) is 4.87. The van der Waals surface area contributed by atoms with E-state index in [2.05, 4.69) is 9.80 Å². The third-order valence-electron chi connectivity index (χ3n) is 6.78. The number of ketones is 1. The molecule has 0 bridgehead atoms. The first kappa shape index (κ1) is 23.7. The molecule has 0 saturated carbocycles. The van der Waals surface area contributed by atoms with Gasteiger partial charge in [0, 0.05) is 48.9 Å². The highest BCUT2D eigenvalue weighted by atomic mass is 16.5. The Labute approximate surface area is 206 Å². The van der Waals surface area contributed by atoms with Crippen molar-refractivity contribution in [1.29, 1.82) is 0 Å². The molecule has 2 aromatic rings. The number of fused-ring (bicyclic) bond motifs is 2. The second-order valence-electron chi connectivity index (χ2n) is 9.05. The fourth-order valence-corrected chi connectivity index (χ4v) is 4.86. The molecule has 3 heterocycles. The Morgan fingerprint density at radius 1 is 1.03 bits per heavy atom. The van der Waals surface area contributed by atoms with Gasteiger partial charge in [-0.1, -0.05) is 0 Å². The van der Waals surface area contributed by atoms with E-state index in [4.69, 9.17) is 23.7 Å². The number of nitrogens with zero attached hydrogens (tertiary/aromatic N) is 2. The summed E-state index contributed by atoms with van der Waals surface area (Å²) >= 11 is 0. The fourth-order valence-electron chi connectivity index (χ4n) is 4.86. The molecule has 1 fully saturated rings. The minimum Gasteiger partial charge on any atom is -0.497 e. The van der Waals surface area contributed by atoms with Gasteiger partial charge in [-0.25, -0.2) is 0 Å². The first-order chi connectivity index (χ1) is 17.1. The molecule has 3 aliphatic rings. The summed E-state index contributed by atoms with van der Waals surface area (Å²) in [6, 6.07) is 7.39. The lowest BCUT2D eigenvalue weighted by molar-refractivity contribution is 0.0329. The van der Waals surface area contributed by atoms with Crippen molar-refractivity contribution in [3.05, 3.63) is 52.3 Å². The van der Waals surface area contributed by atoms with Gasteiger partial charge in [0.15, 0.2) is 5.76 Å². The van der Waals surface area contributed by atoms with Crippen LogP contribution in [0.1, 0.15) is 33.5 Å². The van der Waals surface area contributed by atoms with Gasteiger partial charge in [-0.05, 0) is 44.2 Å². The highest BCUT2D eigenvalue weighted by Gasteiger charge is 2.33. The second kappa shape index (κ2) is 10.3. The predicted octanol–water partition coefficient (Wildman–Crippen LogP) is 3.50. The molecule has 0 aromatic heterocycles. The lowest BCUT2D eigenvalue weighted by atomic mass is 10.00. The molecule has 0 atom stereocenters. The van der Waals surface area contributed by atoms with Crippen molar-refractivity contribution in [2.45, 2.75) is 19.9 Å². The van der Waals surface area contributed by atoms with Crippen LogP contribution in [0.25, 0.3) is 6.08 Å². The standard InChI is InChI=1S/C27H32N2O6/c1-18-26-20(16-29(17-34-26)8-4-7-28-9-11-33-12-10-28)13-22-25(30)24(35-27(18)22)14-19-5-6-21(31-2)15-23(19)32-3/h5-6,13-15H,4,7-12,16-17H2,1-3H3. The summed E-state index contributed by atoms with van der Waals surface area (Å²) in [6.07, 6.45) is 2.79. The minimum atomic E-state index is -0.131. The number of morpholine rings is 1. The number of methoxy groups -OCH3 is 2. The molecule has 8 heteroatoms. The van der Waals surface area contributed by atoms with Crippen molar-refractivity contribution in [2.24, 2.45) is 0 Å². The lowest BCUT2D eigenvalue weighted by Crippen LogP contribution is -2.39. The van der Waals surface area contributed by atoms with Crippen LogP contribution >= 0.6 is 0 Å². The van der Waals surface area contributed by atoms with Crippen LogP contribution in [0.3, 0.4) is 0 Å². The van der Waals surface area contributed by atoms with Crippen molar-refractivity contribution >= 4 is 11.9 Å². The normalized spacial score (nSPS) is 19.2. The van der Waals surface area contributed by atoms with E-state index < -0.39 is 0 Å². The van der Waals surface area contributed by atoms with E-state index in [0.29, 0.717) is 29.5 Å². The SMILES string of the molecule is COc1ccc(C=C2Oc3c(cc4c(c3C)OCN(CCCN3CCOCC3)C4)C2=O)c(OC)c1. The molecule has 0 spiro atoms. The Bertz CT molecular complexity index is 1140. The summed E-state index contributed by atoms with van der Waals surface area (Å²) in [6.45, 7) is 8.91. The van der Waals surface area contributed by atoms with Gasteiger partial charge in [-0.3, -0.25) is 14.6 Å². The first-order valence-electron chi connectivity index (χ1n) is 12.1. The molecular formula is C27H32N2O6. The second-order valence-corrected chi connectivity index (χ2v) is 9.05. The minimum absolute atomic E-state index is 0.131. The van der Waals surface area contributed by atoms with Crippen molar-refractivity contribution in [1.82, 2.24) is 9.80 Å². The van der Waals surface area contributed by atoms with Crippen LogP contribution in [-0.4, -0.2) is 75.9 Å². The number of ether oxygens (including phenoxy) is 5. The maximum atomic E-state index is 13.3. The molecule has 0 radical (unpaired) electrons. The Hall–Kier alpha value is -3.07. The Morgan fingerprint density at radius 3 is 2.60 bits per heavy atom. The smallest absolute Gasteiger partial charge is 0.231 e. The predicted molar refractivity (Wildman–Crippen MR) is 131 cm³/mol. The van der Waals surface area contributed by atoms with E-state index in [0.717, 1.165) is 74.8 Å². The van der Waals surface area contributed by atoms with E-state index in [9.17, 15) is 4.79 Å². The van der Waals surface area contributed by atoms with Gasteiger partial charge in [-0.2, -0.15) is 0 Å². The zero-order chi connectivity index (χ0) is 24.4. The summed E-state index contributed by atoms with van der Waals surface area (Å²) in [5.74, 6) is 2.83. The highest BCUT2D eigenvalue weighted by molar-refractivity contribution is 6.15. The van der Waals surface area contributed by atoms with E-state index in [-0.39, 0.29) is 11.5 Å². The molecular weight excluding hydrogens is 448 g/mol. The zero-order valence-corrected chi connectivity index (χ0v) is 20.6. The Morgan fingerprint density at radius 2 is 1.83 bits per heavy atom. The zero-order valence-electron chi connectivity index (χ0n) is 20.6. The van der Waals surface area contributed by atoms with Crippen LogP contribution in [0.2, 0.25) is 0 Å². The maximum absolute atomic E-state index is 13.3. The topological polar surface area (TPSA) is 69.7 Å². The third-order valence-corrected chi connectivity index (χ3v) is 6.78. The van der Waals surface area contributed by atoms with Crippen LogP contribution in [0, 0.1) is 6.92 Å². The fraction of sp³-hybridized carbons (Fsp3) is 0.444. The van der Waals surface area contributed by atoms with Gasteiger partial charge in [0.2, 0.25) is 5.78 Å². The molecule has 8 nitrogen and oxygen atoms in total. The number of carbonyl (C=O) groups excluding carboxylic acids is 1. The Balaban J connectivity index is 1.31. The molecule has 186 valence electrons. The molecule has 0 N–H and O–H groups in total. The molecule has 0 unspecified atom stereocenters. The summed E-state index contributed by atoms with van der Waals surface area (Å²) in [4.78, 5) is 18.0. The highest BCUT2D eigenvalue weighted by Crippen LogP contribution is 2.43. The summed E-state index contributed by atoms with van der Waals surface area (Å²) < 4.78 is 28.3. The first-order valence-corrected chi connectivity index (χ1v) is 12.1. The average molecular weight is 481 g/mol. The maximum Gasteiger partial charge on any atom is 0.231 e. The Kier molecular flexibility index (Phi) is 6.95. The molecule has 3 aliphatic heterocycles. The van der Waals surface area contributed by atoms with Crippen molar-refractivity contribution in [3.63, 3.8) is 0 Å². The van der Waals surface area contributed by atoms with Crippen LogP contribution in [-0.2, 0) is 11.3 Å². The number of rotatable bonds is 7. The van der Waals surface area contributed by atoms with Gasteiger partial charge >= 0.3 is 0 Å². The van der Waals surface area contributed by atoms with Crippen LogP contribution in [0.15, 0.2) is 30.0 Å². The van der Waals surface area contributed by atoms with Crippen molar-refractivity contribution in [2.75, 3.05) is 60.3 Å². The molecule has 1 saturated heterocycles. The van der Waals surface area contributed by atoms with Gasteiger partial charge < -0.3 is 23.7 Å². The van der Waals surface area contributed by atoms with Crippen LogP contribution in [0.4, 0.5) is 0 Å². The average Bonchev–Trinajstić information content (AvgIpc) is 3.20. The molecule has 0 amide bonds. The number of carbonyl (C=O) groups is 1. The number of hydrogen-bond donors (Lipinski definition) is 0. The largest absolute Gasteiger partial charge is 0.497 e. The van der Waals surface area contributed by atoms with Crippen molar-refractivity contribution in [3.8, 4) is 23.0 Å². The molecule has 5 rings (SSSR count). The van der Waals surface area contributed by atoms with Crippen LogP contribution in [0.5, 0.6) is 23.0 Å². The van der Waals surface area contributed by atoms with Gasteiger partial charge in [0.1, 0.15) is 29.7 Å². The van der Waals surface area contributed by atoms with E-state index in [1.54, 1.807) is 26.4 Å². The lowest BCUT2D eigenvalue weighted by Gasteiger charge is -2.31.